The van der Waals surface area contributed by atoms with E-state index >= 15 is 0 Å². The van der Waals surface area contributed by atoms with E-state index in [0.29, 0.717) is 5.69 Å². The van der Waals surface area contributed by atoms with Crippen molar-refractivity contribution in [1.82, 2.24) is 5.32 Å². The zero-order valence-corrected chi connectivity index (χ0v) is 12.4. The molecule has 0 unspecified atom stereocenters. The Morgan fingerprint density at radius 1 is 0.750 bits per heavy atom. The summed E-state index contributed by atoms with van der Waals surface area (Å²) in [5.74, 6) is -3.47. The molecular formula is C16H14N4O4. The van der Waals surface area contributed by atoms with Crippen LogP contribution in [0.15, 0.2) is 48.5 Å². The molecule has 6 N–H and O–H groups in total. The minimum Gasteiger partial charge on any atom is -0.399 e. The van der Waals surface area contributed by atoms with Gasteiger partial charge >= 0.3 is 11.8 Å². The van der Waals surface area contributed by atoms with E-state index in [4.69, 9.17) is 11.5 Å². The van der Waals surface area contributed by atoms with Crippen LogP contribution in [0, 0.1) is 0 Å². The first-order chi connectivity index (χ1) is 11.4. The van der Waals surface area contributed by atoms with Gasteiger partial charge in [0.1, 0.15) is 0 Å². The Morgan fingerprint density at radius 2 is 1.29 bits per heavy atom. The van der Waals surface area contributed by atoms with Crippen LogP contribution in [0.25, 0.3) is 0 Å². The maximum atomic E-state index is 11.8. The Hall–Kier alpha value is -3.68. The Kier molecular flexibility index (Phi) is 4.90. The first-order valence-electron chi connectivity index (χ1n) is 6.79. The van der Waals surface area contributed by atoms with Crippen LogP contribution in [-0.2, 0) is 9.59 Å². The Balaban J connectivity index is 1.96. The molecule has 0 saturated heterocycles. The number of hydrogen-bond donors (Lipinski definition) is 4. The summed E-state index contributed by atoms with van der Waals surface area (Å²) in [6.07, 6.45) is 0. The molecule has 0 saturated carbocycles. The lowest BCUT2D eigenvalue weighted by atomic mass is 10.2. The van der Waals surface area contributed by atoms with E-state index in [-0.39, 0.29) is 16.8 Å². The molecule has 0 fully saturated rings. The molecule has 0 heterocycles. The number of rotatable bonds is 3. The summed E-state index contributed by atoms with van der Waals surface area (Å²) in [7, 11) is 0. The van der Waals surface area contributed by atoms with Crippen molar-refractivity contribution in [2.24, 2.45) is 5.73 Å². The van der Waals surface area contributed by atoms with E-state index in [9.17, 15) is 19.2 Å². The molecule has 8 heteroatoms. The normalized spacial score (nSPS) is 9.83. The molecule has 0 radical (unpaired) electrons. The van der Waals surface area contributed by atoms with Crippen LogP contribution >= 0.6 is 0 Å². The van der Waals surface area contributed by atoms with E-state index in [0.717, 1.165) is 0 Å². The highest BCUT2D eigenvalue weighted by molar-refractivity contribution is 6.42. The fourth-order valence-corrected chi connectivity index (χ4v) is 1.77. The van der Waals surface area contributed by atoms with Crippen LogP contribution in [0.1, 0.15) is 20.7 Å². The van der Waals surface area contributed by atoms with Crippen molar-refractivity contribution in [2.75, 3.05) is 11.1 Å². The Labute approximate surface area is 136 Å². The van der Waals surface area contributed by atoms with E-state index in [2.05, 4.69) is 5.32 Å². The topological polar surface area (TPSA) is 144 Å². The van der Waals surface area contributed by atoms with Crippen LogP contribution in [0.4, 0.5) is 11.4 Å². The van der Waals surface area contributed by atoms with Gasteiger partial charge in [0, 0.05) is 22.5 Å². The summed E-state index contributed by atoms with van der Waals surface area (Å²) >= 11 is 0. The molecule has 8 nitrogen and oxygen atoms in total. The van der Waals surface area contributed by atoms with E-state index in [1.807, 2.05) is 5.32 Å². The van der Waals surface area contributed by atoms with Gasteiger partial charge in [0.2, 0.25) is 5.91 Å². The number of nitrogen functional groups attached to an aromatic ring is 1. The molecule has 0 atom stereocenters. The number of imide groups is 1. The average Bonchev–Trinajstić information content (AvgIpc) is 2.55. The average molecular weight is 326 g/mol. The zero-order chi connectivity index (χ0) is 17.7. The molecule has 2 aromatic rings. The lowest BCUT2D eigenvalue weighted by Gasteiger charge is -2.06. The third-order valence-electron chi connectivity index (χ3n) is 3.03. The van der Waals surface area contributed by atoms with Crippen LogP contribution < -0.4 is 22.1 Å². The molecule has 0 aromatic heterocycles. The number of hydrogen-bond acceptors (Lipinski definition) is 5. The number of nitrogens with one attached hydrogen (secondary N) is 2. The van der Waals surface area contributed by atoms with Crippen molar-refractivity contribution in [2.45, 2.75) is 0 Å². The smallest absolute Gasteiger partial charge is 0.316 e. The molecule has 2 aromatic carbocycles. The van der Waals surface area contributed by atoms with Gasteiger partial charge in [0.15, 0.2) is 0 Å². The molecule has 24 heavy (non-hydrogen) atoms. The Bertz CT molecular complexity index is 798. The van der Waals surface area contributed by atoms with E-state index < -0.39 is 23.6 Å². The van der Waals surface area contributed by atoms with Crippen LogP contribution in [0.5, 0.6) is 0 Å². The molecule has 4 amide bonds. The van der Waals surface area contributed by atoms with Crippen LogP contribution in [0.2, 0.25) is 0 Å². The van der Waals surface area contributed by atoms with Crippen LogP contribution in [-0.4, -0.2) is 23.6 Å². The number of benzene rings is 2. The van der Waals surface area contributed by atoms with Gasteiger partial charge in [-0.05, 0) is 48.5 Å². The first-order valence-corrected chi connectivity index (χ1v) is 6.79. The van der Waals surface area contributed by atoms with Gasteiger partial charge < -0.3 is 16.8 Å². The second-order valence-electron chi connectivity index (χ2n) is 4.80. The number of carbonyl (C=O) groups is 4. The largest absolute Gasteiger partial charge is 0.399 e. The maximum absolute atomic E-state index is 11.8. The van der Waals surface area contributed by atoms with Gasteiger partial charge in [-0.3, -0.25) is 24.5 Å². The second kappa shape index (κ2) is 7.05. The summed E-state index contributed by atoms with van der Waals surface area (Å²) in [5, 5.41) is 4.26. The predicted octanol–water partition coefficient (Wildman–Crippen LogP) is 0.263. The lowest BCUT2D eigenvalue weighted by molar-refractivity contribution is -0.135. The highest BCUT2D eigenvalue weighted by atomic mass is 16.2. The van der Waals surface area contributed by atoms with Gasteiger partial charge in [-0.2, -0.15) is 0 Å². The highest BCUT2D eigenvalue weighted by Crippen LogP contribution is 2.09. The zero-order valence-electron chi connectivity index (χ0n) is 12.4. The summed E-state index contributed by atoms with van der Waals surface area (Å²) in [5.41, 5.74) is 11.8. The SMILES string of the molecule is NC(=O)c1ccc(NC(=O)C(=O)NC(=O)c2ccc(N)cc2)cc1. The number of anilines is 2. The molecule has 0 aliphatic rings. The highest BCUT2D eigenvalue weighted by Gasteiger charge is 2.18. The standard InChI is InChI=1S/C16H14N4O4/c17-11-5-1-10(2-6-11)14(22)20-16(24)15(23)19-12-7-3-9(4-8-12)13(18)21/h1-8H,17H2,(H2,18,21)(H,19,23)(H,20,22,24). The number of carbonyl (C=O) groups excluding carboxylic acids is 4. The quantitative estimate of drug-likeness (QED) is 0.472. The third-order valence-corrected chi connectivity index (χ3v) is 3.03. The summed E-state index contributed by atoms with van der Waals surface area (Å²) in [4.78, 5) is 46.3. The van der Waals surface area contributed by atoms with E-state index in [1.165, 1.54) is 48.5 Å². The molecule has 0 aliphatic carbocycles. The number of nitrogens with two attached hydrogens (primary N) is 2. The number of amides is 4. The summed E-state index contributed by atoms with van der Waals surface area (Å²) < 4.78 is 0. The third kappa shape index (κ3) is 4.17. The van der Waals surface area contributed by atoms with Crippen molar-refractivity contribution in [3.8, 4) is 0 Å². The van der Waals surface area contributed by atoms with Gasteiger partial charge in [0.05, 0.1) is 0 Å². The molecule has 122 valence electrons. The second-order valence-corrected chi connectivity index (χ2v) is 4.80. The van der Waals surface area contributed by atoms with Gasteiger partial charge in [0.25, 0.3) is 5.91 Å². The van der Waals surface area contributed by atoms with Crippen molar-refractivity contribution in [3.05, 3.63) is 59.7 Å². The van der Waals surface area contributed by atoms with Crippen molar-refractivity contribution in [3.63, 3.8) is 0 Å². The minimum absolute atomic E-state index is 0.191. The molecule has 0 aliphatic heterocycles. The van der Waals surface area contributed by atoms with Gasteiger partial charge in [-0.15, -0.1) is 0 Å². The monoisotopic (exact) mass is 326 g/mol. The van der Waals surface area contributed by atoms with Crippen molar-refractivity contribution < 1.29 is 19.2 Å². The van der Waals surface area contributed by atoms with Crippen molar-refractivity contribution in [1.29, 1.82) is 0 Å². The number of primary amides is 1. The molecule has 0 spiro atoms. The molecule has 2 rings (SSSR count). The first kappa shape index (κ1) is 16.7. The molecule has 0 bridgehead atoms. The fraction of sp³-hybridized carbons (Fsp3) is 0. The van der Waals surface area contributed by atoms with E-state index in [1.54, 1.807) is 0 Å². The summed E-state index contributed by atoms with van der Waals surface area (Å²) in [6.45, 7) is 0. The predicted molar refractivity (Wildman–Crippen MR) is 86.9 cm³/mol. The van der Waals surface area contributed by atoms with Gasteiger partial charge in [-0.1, -0.05) is 0 Å². The van der Waals surface area contributed by atoms with Crippen LogP contribution in [0.3, 0.4) is 0 Å². The molecular weight excluding hydrogens is 312 g/mol. The van der Waals surface area contributed by atoms with Crippen molar-refractivity contribution >= 4 is 35.0 Å². The summed E-state index contributed by atoms with van der Waals surface area (Å²) in [6, 6.07) is 11.5. The Morgan fingerprint density at radius 3 is 1.83 bits per heavy atom. The van der Waals surface area contributed by atoms with Gasteiger partial charge in [-0.25, -0.2) is 0 Å². The fourth-order valence-electron chi connectivity index (χ4n) is 1.77. The maximum Gasteiger partial charge on any atom is 0.316 e. The lowest BCUT2D eigenvalue weighted by Crippen LogP contribution is -2.39. The minimum atomic E-state index is -1.11.